The highest BCUT2D eigenvalue weighted by atomic mass is 16.6. The SMILES string of the molecule is CCC(=O)OCCOc1ccccc1OC(=O)CC. The fourth-order valence-electron chi connectivity index (χ4n) is 1.26. The Morgan fingerprint density at radius 2 is 1.58 bits per heavy atom. The van der Waals surface area contributed by atoms with Gasteiger partial charge in [-0.15, -0.1) is 0 Å². The number of ether oxygens (including phenoxy) is 3. The van der Waals surface area contributed by atoms with E-state index in [1.54, 1.807) is 38.1 Å². The molecule has 0 aliphatic heterocycles. The highest BCUT2D eigenvalue weighted by molar-refractivity contribution is 5.72. The van der Waals surface area contributed by atoms with Crippen molar-refractivity contribution in [2.75, 3.05) is 13.2 Å². The molecule has 0 atom stereocenters. The molecule has 1 aromatic carbocycles. The lowest BCUT2D eigenvalue weighted by molar-refractivity contribution is -0.143. The Morgan fingerprint density at radius 3 is 2.21 bits per heavy atom. The van der Waals surface area contributed by atoms with E-state index in [0.717, 1.165) is 0 Å². The molecule has 0 spiro atoms. The summed E-state index contributed by atoms with van der Waals surface area (Å²) >= 11 is 0. The average Bonchev–Trinajstić information content (AvgIpc) is 2.44. The van der Waals surface area contributed by atoms with Crippen molar-refractivity contribution < 1.29 is 23.8 Å². The lowest BCUT2D eigenvalue weighted by Gasteiger charge is -2.11. The second-order valence-corrected chi connectivity index (χ2v) is 3.70. The standard InChI is InChI=1S/C14H18O5/c1-3-13(15)18-10-9-17-11-7-5-6-8-12(11)19-14(16)4-2/h5-8H,3-4,9-10H2,1-2H3. The van der Waals surface area contributed by atoms with E-state index < -0.39 is 0 Å². The van der Waals surface area contributed by atoms with E-state index in [4.69, 9.17) is 14.2 Å². The predicted octanol–water partition coefficient (Wildman–Crippen LogP) is 2.33. The minimum absolute atomic E-state index is 0.169. The molecule has 104 valence electrons. The summed E-state index contributed by atoms with van der Waals surface area (Å²) in [5.74, 6) is 0.232. The Balaban J connectivity index is 2.48. The van der Waals surface area contributed by atoms with Crippen molar-refractivity contribution in [1.29, 1.82) is 0 Å². The summed E-state index contributed by atoms with van der Waals surface area (Å²) in [6.45, 7) is 3.83. The molecule has 0 N–H and O–H groups in total. The fraction of sp³-hybridized carbons (Fsp3) is 0.429. The largest absolute Gasteiger partial charge is 0.486 e. The third-order valence-electron chi connectivity index (χ3n) is 2.25. The second kappa shape index (κ2) is 8.13. The first-order valence-corrected chi connectivity index (χ1v) is 6.25. The number of benzene rings is 1. The van der Waals surface area contributed by atoms with E-state index in [-0.39, 0.29) is 25.2 Å². The Labute approximate surface area is 112 Å². The summed E-state index contributed by atoms with van der Waals surface area (Å²) in [5.41, 5.74) is 0. The molecule has 0 unspecified atom stereocenters. The van der Waals surface area contributed by atoms with Gasteiger partial charge in [-0.05, 0) is 12.1 Å². The van der Waals surface area contributed by atoms with Crippen molar-refractivity contribution in [3.63, 3.8) is 0 Å². The lowest BCUT2D eigenvalue weighted by Crippen LogP contribution is -2.12. The summed E-state index contributed by atoms with van der Waals surface area (Å²) < 4.78 is 15.4. The Bertz CT molecular complexity index is 428. The van der Waals surface area contributed by atoms with Gasteiger partial charge in [0.1, 0.15) is 13.2 Å². The van der Waals surface area contributed by atoms with Gasteiger partial charge in [-0.2, -0.15) is 0 Å². The van der Waals surface area contributed by atoms with Gasteiger partial charge in [0.15, 0.2) is 11.5 Å². The Morgan fingerprint density at radius 1 is 0.947 bits per heavy atom. The quantitative estimate of drug-likeness (QED) is 0.430. The molecular weight excluding hydrogens is 248 g/mol. The number of carbonyl (C=O) groups is 2. The van der Waals surface area contributed by atoms with Gasteiger partial charge in [0.05, 0.1) is 0 Å². The molecular formula is C14H18O5. The Hall–Kier alpha value is -2.04. The van der Waals surface area contributed by atoms with Crippen LogP contribution in [0.3, 0.4) is 0 Å². The molecule has 0 fully saturated rings. The molecule has 0 heterocycles. The van der Waals surface area contributed by atoms with Gasteiger partial charge in [0.2, 0.25) is 0 Å². The fourth-order valence-corrected chi connectivity index (χ4v) is 1.26. The topological polar surface area (TPSA) is 61.8 Å². The van der Waals surface area contributed by atoms with E-state index in [1.165, 1.54) is 0 Å². The highest BCUT2D eigenvalue weighted by Gasteiger charge is 2.08. The zero-order chi connectivity index (χ0) is 14.1. The number of esters is 2. The van der Waals surface area contributed by atoms with Gasteiger partial charge in [-0.3, -0.25) is 9.59 Å². The van der Waals surface area contributed by atoms with Crippen LogP contribution >= 0.6 is 0 Å². The van der Waals surface area contributed by atoms with Gasteiger partial charge >= 0.3 is 11.9 Å². The number of para-hydroxylation sites is 2. The molecule has 0 aromatic heterocycles. The van der Waals surface area contributed by atoms with Crippen LogP contribution in [0.25, 0.3) is 0 Å². The lowest BCUT2D eigenvalue weighted by atomic mass is 10.3. The van der Waals surface area contributed by atoms with Gasteiger partial charge in [0, 0.05) is 12.8 Å². The first kappa shape index (κ1) is 15.0. The van der Waals surface area contributed by atoms with Crippen LogP contribution in [0.2, 0.25) is 0 Å². The van der Waals surface area contributed by atoms with Gasteiger partial charge in [0.25, 0.3) is 0 Å². The third kappa shape index (κ3) is 5.42. The summed E-state index contributed by atoms with van der Waals surface area (Å²) in [5, 5.41) is 0. The maximum Gasteiger partial charge on any atom is 0.311 e. The van der Waals surface area contributed by atoms with Gasteiger partial charge < -0.3 is 14.2 Å². The molecule has 0 aliphatic rings. The molecule has 1 aromatic rings. The van der Waals surface area contributed by atoms with E-state index >= 15 is 0 Å². The smallest absolute Gasteiger partial charge is 0.311 e. The van der Waals surface area contributed by atoms with Crippen LogP contribution in [0, 0.1) is 0 Å². The third-order valence-corrected chi connectivity index (χ3v) is 2.25. The average molecular weight is 266 g/mol. The summed E-state index contributed by atoms with van der Waals surface area (Å²) in [7, 11) is 0. The normalized spacial score (nSPS) is 9.79. The number of carbonyl (C=O) groups excluding carboxylic acids is 2. The number of hydrogen-bond acceptors (Lipinski definition) is 5. The van der Waals surface area contributed by atoms with Crippen molar-refractivity contribution in [2.45, 2.75) is 26.7 Å². The van der Waals surface area contributed by atoms with E-state index in [0.29, 0.717) is 24.3 Å². The van der Waals surface area contributed by atoms with Gasteiger partial charge in [-0.1, -0.05) is 26.0 Å². The monoisotopic (exact) mass is 266 g/mol. The predicted molar refractivity (Wildman–Crippen MR) is 69.1 cm³/mol. The highest BCUT2D eigenvalue weighted by Crippen LogP contribution is 2.26. The molecule has 0 amide bonds. The van der Waals surface area contributed by atoms with Crippen molar-refractivity contribution in [2.24, 2.45) is 0 Å². The summed E-state index contributed by atoms with van der Waals surface area (Å²) in [6.07, 6.45) is 0.632. The van der Waals surface area contributed by atoms with Crippen molar-refractivity contribution in [3.8, 4) is 11.5 Å². The molecule has 0 aliphatic carbocycles. The molecule has 0 saturated carbocycles. The van der Waals surface area contributed by atoms with Crippen LogP contribution in [0.5, 0.6) is 11.5 Å². The first-order valence-electron chi connectivity index (χ1n) is 6.25. The van der Waals surface area contributed by atoms with Crippen molar-refractivity contribution >= 4 is 11.9 Å². The summed E-state index contributed by atoms with van der Waals surface area (Å²) in [4.78, 5) is 22.2. The second-order valence-electron chi connectivity index (χ2n) is 3.70. The van der Waals surface area contributed by atoms with Gasteiger partial charge in [-0.25, -0.2) is 0 Å². The number of hydrogen-bond donors (Lipinski definition) is 0. The maximum atomic E-state index is 11.2. The first-order chi connectivity index (χ1) is 9.17. The van der Waals surface area contributed by atoms with Crippen LogP contribution < -0.4 is 9.47 Å². The van der Waals surface area contributed by atoms with Crippen molar-refractivity contribution in [3.05, 3.63) is 24.3 Å². The minimum Gasteiger partial charge on any atom is -0.486 e. The number of rotatable bonds is 7. The maximum absolute atomic E-state index is 11.2. The zero-order valence-electron chi connectivity index (χ0n) is 11.2. The van der Waals surface area contributed by atoms with Crippen molar-refractivity contribution in [1.82, 2.24) is 0 Å². The minimum atomic E-state index is -0.325. The summed E-state index contributed by atoms with van der Waals surface area (Å²) in [6, 6.07) is 6.87. The van der Waals surface area contributed by atoms with Crippen LogP contribution in [0.15, 0.2) is 24.3 Å². The van der Waals surface area contributed by atoms with E-state index in [2.05, 4.69) is 0 Å². The van der Waals surface area contributed by atoms with E-state index in [1.807, 2.05) is 0 Å². The van der Waals surface area contributed by atoms with Crippen LogP contribution in [-0.2, 0) is 14.3 Å². The molecule has 0 radical (unpaired) electrons. The molecule has 0 saturated heterocycles. The van der Waals surface area contributed by atoms with Crippen LogP contribution in [0.1, 0.15) is 26.7 Å². The Kier molecular flexibility index (Phi) is 6.43. The van der Waals surface area contributed by atoms with E-state index in [9.17, 15) is 9.59 Å². The zero-order valence-corrected chi connectivity index (χ0v) is 11.2. The van der Waals surface area contributed by atoms with Crippen LogP contribution in [0.4, 0.5) is 0 Å². The molecule has 0 bridgehead atoms. The molecule has 1 rings (SSSR count). The molecule has 19 heavy (non-hydrogen) atoms. The van der Waals surface area contributed by atoms with Crippen LogP contribution in [-0.4, -0.2) is 25.2 Å². The molecule has 5 nitrogen and oxygen atoms in total. The molecule has 5 heteroatoms.